The van der Waals surface area contributed by atoms with E-state index in [4.69, 9.17) is 0 Å². The number of esters is 1. The summed E-state index contributed by atoms with van der Waals surface area (Å²) in [5.74, 6) is 1.11. The highest BCUT2D eigenvalue weighted by Crippen LogP contribution is 2.49. The standard InChI is InChI=1S/C12H16O2/c1-3-8-4-9-6-10(11(9)5-8)7-12(13)14-2/h5,7,9,11H,3-4,6H2,1-2H3/b10-7+. The van der Waals surface area contributed by atoms with Crippen molar-refractivity contribution >= 4 is 5.97 Å². The van der Waals surface area contributed by atoms with Gasteiger partial charge in [0, 0.05) is 12.0 Å². The van der Waals surface area contributed by atoms with Crippen LogP contribution >= 0.6 is 0 Å². The fraction of sp³-hybridized carbons (Fsp3) is 0.583. The van der Waals surface area contributed by atoms with Crippen LogP contribution in [0.15, 0.2) is 23.3 Å². The lowest BCUT2D eigenvalue weighted by atomic mass is 9.71. The summed E-state index contributed by atoms with van der Waals surface area (Å²) in [6.07, 6.45) is 7.47. The molecule has 2 unspecified atom stereocenters. The molecule has 0 heterocycles. The van der Waals surface area contributed by atoms with Crippen molar-refractivity contribution in [1.29, 1.82) is 0 Å². The predicted molar refractivity (Wildman–Crippen MR) is 54.7 cm³/mol. The monoisotopic (exact) mass is 192 g/mol. The lowest BCUT2D eigenvalue weighted by Crippen LogP contribution is -2.24. The van der Waals surface area contributed by atoms with E-state index in [1.165, 1.54) is 19.1 Å². The van der Waals surface area contributed by atoms with E-state index in [1.807, 2.05) is 0 Å². The Bertz CT molecular complexity index is 312. The Morgan fingerprint density at radius 2 is 2.43 bits per heavy atom. The van der Waals surface area contributed by atoms with Crippen LogP contribution in [0.3, 0.4) is 0 Å². The van der Waals surface area contributed by atoms with Crippen LogP contribution in [0.4, 0.5) is 0 Å². The molecule has 2 atom stereocenters. The minimum atomic E-state index is -0.211. The molecule has 1 saturated carbocycles. The van der Waals surface area contributed by atoms with Gasteiger partial charge in [-0.25, -0.2) is 4.79 Å². The molecular formula is C12H16O2. The SMILES string of the molecule is CCC1=CC2/C(=C/C(=O)OC)CC2C1. The zero-order chi connectivity index (χ0) is 10.1. The molecule has 0 aliphatic heterocycles. The Kier molecular flexibility index (Phi) is 2.44. The summed E-state index contributed by atoms with van der Waals surface area (Å²) >= 11 is 0. The van der Waals surface area contributed by atoms with Crippen molar-refractivity contribution in [2.45, 2.75) is 26.2 Å². The smallest absolute Gasteiger partial charge is 0.330 e. The number of rotatable bonds is 2. The number of hydrogen-bond donors (Lipinski definition) is 0. The molecule has 2 heteroatoms. The molecule has 0 bridgehead atoms. The number of methoxy groups -OCH3 is 1. The summed E-state index contributed by atoms with van der Waals surface area (Å²) in [5.41, 5.74) is 2.80. The van der Waals surface area contributed by atoms with Crippen LogP contribution in [0, 0.1) is 11.8 Å². The molecule has 0 spiro atoms. The van der Waals surface area contributed by atoms with Crippen LogP contribution in [0.25, 0.3) is 0 Å². The largest absolute Gasteiger partial charge is 0.466 e. The highest BCUT2D eigenvalue weighted by molar-refractivity contribution is 5.83. The Morgan fingerprint density at radius 1 is 1.64 bits per heavy atom. The van der Waals surface area contributed by atoms with E-state index in [1.54, 1.807) is 11.6 Å². The first-order valence-corrected chi connectivity index (χ1v) is 5.22. The molecule has 2 aliphatic rings. The van der Waals surface area contributed by atoms with E-state index in [2.05, 4.69) is 17.7 Å². The summed E-state index contributed by atoms with van der Waals surface area (Å²) in [6.45, 7) is 2.19. The first-order chi connectivity index (χ1) is 6.74. The Balaban J connectivity index is 2.04. The van der Waals surface area contributed by atoms with E-state index in [0.717, 1.165) is 18.8 Å². The molecule has 2 nitrogen and oxygen atoms in total. The molecule has 0 aromatic rings. The molecule has 76 valence electrons. The average molecular weight is 192 g/mol. The topological polar surface area (TPSA) is 26.3 Å². The van der Waals surface area contributed by atoms with Gasteiger partial charge >= 0.3 is 5.97 Å². The fourth-order valence-corrected chi connectivity index (χ4v) is 2.44. The number of carbonyl (C=O) groups is 1. The van der Waals surface area contributed by atoms with Crippen molar-refractivity contribution in [3.63, 3.8) is 0 Å². The molecule has 0 aromatic heterocycles. The number of hydrogen-bond acceptors (Lipinski definition) is 2. The van der Waals surface area contributed by atoms with Crippen molar-refractivity contribution in [3.8, 4) is 0 Å². The highest BCUT2D eigenvalue weighted by Gasteiger charge is 2.38. The summed E-state index contributed by atoms with van der Waals surface area (Å²) in [4.78, 5) is 11.0. The van der Waals surface area contributed by atoms with Crippen LogP contribution < -0.4 is 0 Å². The fourth-order valence-electron chi connectivity index (χ4n) is 2.44. The summed E-state index contributed by atoms with van der Waals surface area (Å²) < 4.78 is 4.62. The van der Waals surface area contributed by atoms with Crippen molar-refractivity contribution in [3.05, 3.63) is 23.3 Å². The molecule has 0 amide bonds. The second kappa shape index (κ2) is 3.60. The molecule has 0 radical (unpaired) electrons. The van der Waals surface area contributed by atoms with E-state index in [9.17, 15) is 4.79 Å². The molecule has 0 N–H and O–H groups in total. The lowest BCUT2D eigenvalue weighted by Gasteiger charge is -2.33. The Hall–Kier alpha value is -1.05. The summed E-state index contributed by atoms with van der Waals surface area (Å²) in [7, 11) is 1.43. The van der Waals surface area contributed by atoms with E-state index >= 15 is 0 Å². The maximum absolute atomic E-state index is 11.0. The third kappa shape index (κ3) is 1.49. The van der Waals surface area contributed by atoms with Crippen molar-refractivity contribution in [2.75, 3.05) is 7.11 Å². The predicted octanol–water partition coefficient (Wildman–Crippen LogP) is 2.46. The van der Waals surface area contributed by atoms with Gasteiger partial charge in [-0.2, -0.15) is 0 Å². The second-order valence-electron chi connectivity index (χ2n) is 4.11. The van der Waals surface area contributed by atoms with Crippen LogP contribution in [-0.2, 0) is 9.53 Å². The van der Waals surface area contributed by atoms with E-state index < -0.39 is 0 Å². The van der Waals surface area contributed by atoms with Gasteiger partial charge in [-0.3, -0.25) is 0 Å². The average Bonchev–Trinajstić information content (AvgIpc) is 2.51. The van der Waals surface area contributed by atoms with Crippen LogP contribution in [0.5, 0.6) is 0 Å². The molecule has 2 rings (SSSR count). The van der Waals surface area contributed by atoms with Gasteiger partial charge in [0.2, 0.25) is 0 Å². The third-order valence-corrected chi connectivity index (χ3v) is 3.33. The molecule has 0 saturated heterocycles. The van der Waals surface area contributed by atoms with E-state index in [0.29, 0.717) is 5.92 Å². The van der Waals surface area contributed by atoms with Gasteiger partial charge in [-0.1, -0.05) is 24.1 Å². The highest BCUT2D eigenvalue weighted by atomic mass is 16.5. The summed E-state index contributed by atoms with van der Waals surface area (Å²) in [6, 6.07) is 0. The van der Waals surface area contributed by atoms with E-state index in [-0.39, 0.29) is 5.97 Å². The Labute approximate surface area is 84.6 Å². The van der Waals surface area contributed by atoms with Crippen LogP contribution in [0.2, 0.25) is 0 Å². The van der Waals surface area contributed by atoms with Crippen LogP contribution in [0.1, 0.15) is 26.2 Å². The van der Waals surface area contributed by atoms with Gasteiger partial charge < -0.3 is 4.74 Å². The minimum Gasteiger partial charge on any atom is -0.466 e. The first-order valence-electron chi connectivity index (χ1n) is 5.22. The maximum atomic E-state index is 11.0. The molecule has 1 fully saturated rings. The minimum absolute atomic E-state index is 0.211. The molecule has 14 heavy (non-hydrogen) atoms. The van der Waals surface area contributed by atoms with Gasteiger partial charge in [-0.15, -0.1) is 0 Å². The maximum Gasteiger partial charge on any atom is 0.330 e. The number of fused-ring (bicyclic) bond motifs is 1. The molecule has 2 aliphatic carbocycles. The van der Waals surface area contributed by atoms with Gasteiger partial charge in [-0.05, 0) is 25.2 Å². The summed E-state index contributed by atoms with van der Waals surface area (Å²) in [5, 5.41) is 0. The van der Waals surface area contributed by atoms with Crippen molar-refractivity contribution in [2.24, 2.45) is 11.8 Å². The van der Waals surface area contributed by atoms with Gasteiger partial charge in [0.1, 0.15) is 0 Å². The van der Waals surface area contributed by atoms with Gasteiger partial charge in [0.05, 0.1) is 7.11 Å². The number of ether oxygens (including phenoxy) is 1. The Morgan fingerprint density at radius 3 is 3.07 bits per heavy atom. The van der Waals surface area contributed by atoms with Crippen molar-refractivity contribution < 1.29 is 9.53 Å². The van der Waals surface area contributed by atoms with Gasteiger partial charge in [0.15, 0.2) is 0 Å². The second-order valence-corrected chi connectivity index (χ2v) is 4.11. The third-order valence-electron chi connectivity index (χ3n) is 3.33. The zero-order valence-corrected chi connectivity index (χ0v) is 8.75. The van der Waals surface area contributed by atoms with Crippen molar-refractivity contribution in [1.82, 2.24) is 0 Å². The quantitative estimate of drug-likeness (QED) is 0.381. The van der Waals surface area contributed by atoms with Gasteiger partial charge in [0.25, 0.3) is 0 Å². The molecular weight excluding hydrogens is 176 g/mol. The van der Waals surface area contributed by atoms with Crippen LogP contribution in [-0.4, -0.2) is 13.1 Å². The first kappa shape index (κ1) is 9.50. The zero-order valence-electron chi connectivity index (χ0n) is 8.75. The lowest BCUT2D eigenvalue weighted by molar-refractivity contribution is -0.135. The number of carbonyl (C=O) groups excluding carboxylic acids is 1. The molecule has 0 aromatic carbocycles. The normalized spacial score (nSPS) is 32.1. The number of allylic oxidation sites excluding steroid dienone is 3.